The zero-order chi connectivity index (χ0) is 23.4. The maximum absolute atomic E-state index is 12.9. The van der Waals surface area contributed by atoms with Gasteiger partial charge < -0.3 is 20.5 Å². The van der Waals surface area contributed by atoms with Gasteiger partial charge in [0.2, 0.25) is 11.8 Å². The van der Waals surface area contributed by atoms with Crippen molar-refractivity contribution in [2.45, 2.75) is 70.4 Å². The molecule has 1 aliphatic rings. The number of carbonyl (C=O) groups excluding carboxylic acids is 3. The number of esters is 1. The molecule has 0 saturated heterocycles. The average Bonchev–Trinajstić information content (AvgIpc) is 2.75. The van der Waals surface area contributed by atoms with Gasteiger partial charge in [0, 0.05) is 12.8 Å². The molecule has 7 heteroatoms. The molecule has 0 aliphatic carbocycles. The second kappa shape index (κ2) is 13.0. The number of aliphatic hydroxyl groups is 1. The number of carbonyl (C=O) groups is 3. The van der Waals surface area contributed by atoms with Crippen molar-refractivity contribution in [2.24, 2.45) is 5.92 Å². The number of nitrogens with one attached hydrogen (secondary N) is 2. The predicted octanol–water partition coefficient (Wildman–Crippen LogP) is 2.67. The Balaban J connectivity index is 2.02. The number of benzene rings is 1. The number of cyclic esters (lactones) is 1. The third kappa shape index (κ3) is 9.64. The Kier molecular flexibility index (Phi) is 10.4. The lowest BCUT2D eigenvalue weighted by molar-refractivity contribution is -0.147. The van der Waals surface area contributed by atoms with Gasteiger partial charge in [0.25, 0.3) is 0 Å². The number of ether oxygens (including phenoxy) is 1. The van der Waals surface area contributed by atoms with Gasteiger partial charge >= 0.3 is 5.97 Å². The highest BCUT2D eigenvalue weighted by Gasteiger charge is 2.28. The molecule has 2 amide bonds. The number of hydrogen-bond acceptors (Lipinski definition) is 5. The van der Waals surface area contributed by atoms with Crippen LogP contribution in [-0.4, -0.2) is 47.7 Å². The molecule has 2 rings (SSSR count). The lowest BCUT2D eigenvalue weighted by Gasteiger charge is -2.28. The van der Waals surface area contributed by atoms with Crippen molar-refractivity contribution in [3.05, 3.63) is 48.0 Å². The molecule has 1 heterocycles. The summed E-state index contributed by atoms with van der Waals surface area (Å²) in [6.07, 6.45) is 7.69. The van der Waals surface area contributed by atoms with Crippen LogP contribution in [-0.2, 0) is 25.5 Å². The molecule has 0 bridgehead atoms. The minimum Gasteiger partial charge on any atom is -0.463 e. The Morgan fingerprint density at radius 2 is 1.97 bits per heavy atom. The summed E-state index contributed by atoms with van der Waals surface area (Å²) in [6, 6.07) is 9.21. The molecule has 0 spiro atoms. The van der Waals surface area contributed by atoms with E-state index < -0.39 is 17.5 Å². The predicted molar refractivity (Wildman–Crippen MR) is 123 cm³/mol. The summed E-state index contributed by atoms with van der Waals surface area (Å²) in [5.41, 5.74) is 0.276. The van der Waals surface area contributed by atoms with Gasteiger partial charge in [-0.25, -0.2) is 0 Å². The summed E-state index contributed by atoms with van der Waals surface area (Å²) < 4.78 is 5.31. The summed E-state index contributed by atoms with van der Waals surface area (Å²) >= 11 is 0. The number of hydrogen-bond donors (Lipinski definition) is 3. The van der Waals surface area contributed by atoms with Crippen LogP contribution in [0.1, 0.15) is 57.9 Å². The zero-order valence-corrected chi connectivity index (χ0v) is 19.1. The van der Waals surface area contributed by atoms with Crippen LogP contribution in [0.3, 0.4) is 0 Å². The van der Waals surface area contributed by atoms with Crippen molar-refractivity contribution in [1.29, 1.82) is 0 Å². The molecule has 0 unspecified atom stereocenters. The van der Waals surface area contributed by atoms with Gasteiger partial charge in [-0.3, -0.25) is 14.4 Å². The normalized spacial score (nSPS) is 21.0. The van der Waals surface area contributed by atoms with Crippen molar-refractivity contribution in [3.8, 4) is 0 Å². The molecule has 176 valence electrons. The van der Waals surface area contributed by atoms with E-state index in [0.717, 1.165) is 24.8 Å². The molecule has 0 fully saturated rings. The molecule has 0 aromatic heterocycles. The van der Waals surface area contributed by atoms with Crippen LogP contribution in [0.4, 0.5) is 0 Å². The van der Waals surface area contributed by atoms with E-state index >= 15 is 0 Å². The molecule has 3 N–H and O–H groups in total. The highest BCUT2D eigenvalue weighted by atomic mass is 16.5. The molecule has 0 saturated carbocycles. The first-order valence-electron chi connectivity index (χ1n) is 11.4. The van der Waals surface area contributed by atoms with Gasteiger partial charge in [0.05, 0.1) is 24.1 Å². The Bertz CT molecular complexity index is 776. The Labute approximate surface area is 190 Å². The van der Waals surface area contributed by atoms with Crippen LogP contribution in [0, 0.1) is 5.92 Å². The molecular weight excluding hydrogens is 408 g/mol. The number of rotatable bonds is 6. The lowest BCUT2D eigenvalue weighted by Crippen LogP contribution is -2.50. The molecule has 0 radical (unpaired) electrons. The summed E-state index contributed by atoms with van der Waals surface area (Å²) in [4.78, 5) is 37.5. The summed E-state index contributed by atoms with van der Waals surface area (Å²) in [5.74, 6) is -1.36. The standard InChI is InChI=1S/C25H36N2O5/c1-25(2)18-32-23(30)14-10-5-3-4-9-13-20(24(31)27-25)16-22(29)26-21(17-28)15-19-11-7-6-8-12-19/h4,6-9,11-12,20-21,28H,3,5,10,13-18H2,1-2H3,(H,26,29)(H,27,31)/t20-,21-/m1/s1. The first kappa shape index (κ1) is 25.6. The summed E-state index contributed by atoms with van der Waals surface area (Å²) in [6.45, 7) is 3.48. The van der Waals surface area contributed by atoms with E-state index in [9.17, 15) is 19.5 Å². The Hall–Kier alpha value is -2.67. The fraction of sp³-hybridized carbons (Fsp3) is 0.560. The van der Waals surface area contributed by atoms with Gasteiger partial charge in [-0.2, -0.15) is 0 Å². The number of amides is 2. The van der Waals surface area contributed by atoms with Crippen molar-refractivity contribution >= 4 is 17.8 Å². The van der Waals surface area contributed by atoms with Gasteiger partial charge in [-0.15, -0.1) is 0 Å². The van der Waals surface area contributed by atoms with Gasteiger partial charge in [-0.05, 0) is 51.5 Å². The molecule has 2 atom stereocenters. The van der Waals surface area contributed by atoms with E-state index in [0.29, 0.717) is 19.3 Å². The first-order chi connectivity index (χ1) is 15.3. The highest BCUT2D eigenvalue weighted by Crippen LogP contribution is 2.16. The fourth-order valence-electron chi connectivity index (χ4n) is 3.57. The maximum Gasteiger partial charge on any atom is 0.305 e. The molecule has 7 nitrogen and oxygen atoms in total. The molecule has 1 aromatic carbocycles. The third-order valence-electron chi connectivity index (χ3n) is 5.36. The van der Waals surface area contributed by atoms with E-state index in [1.54, 1.807) is 13.8 Å². The molecule has 1 aliphatic heterocycles. The quantitative estimate of drug-likeness (QED) is 0.462. The SMILES string of the molecule is CC1(C)COC(=O)CCCCC=CC[C@H](CC(=O)N[C@@H](CO)Cc2ccccc2)C(=O)N1. The fourth-order valence-corrected chi connectivity index (χ4v) is 3.57. The van der Waals surface area contributed by atoms with Crippen LogP contribution in [0.15, 0.2) is 42.5 Å². The van der Waals surface area contributed by atoms with Crippen molar-refractivity contribution in [1.82, 2.24) is 10.6 Å². The maximum atomic E-state index is 12.9. The number of allylic oxidation sites excluding steroid dienone is 2. The smallest absolute Gasteiger partial charge is 0.305 e. The molecule has 1 aromatic rings. The van der Waals surface area contributed by atoms with Crippen LogP contribution >= 0.6 is 0 Å². The second-order valence-electron chi connectivity index (χ2n) is 9.02. The van der Waals surface area contributed by atoms with Crippen LogP contribution < -0.4 is 10.6 Å². The van der Waals surface area contributed by atoms with E-state index in [1.165, 1.54) is 0 Å². The molecule has 32 heavy (non-hydrogen) atoms. The summed E-state index contributed by atoms with van der Waals surface area (Å²) in [5, 5.41) is 15.5. The highest BCUT2D eigenvalue weighted by molar-refractivity contribution is 5.86. The van der Waals surface area contributed by atoms with Crippen LogP contribution in [0.5, 0.6) is 0 Å². The minimum atomic E-state index is -0.740. The lowest BCUT2D eigenvalue weighted by atomic mass is 9.96. The van der Waals surface area contributed by atoms with E-state index in [4.69, 9.17) is 4.74 Å². The second-order valence-corrected chi connectivity index (χ2v) is 9.02. The summed E-state index contributed by atoms with van der Waals surface area (Å²) in [7, 11) is 0. The van der Waals surface area contributed by atoms with Gasteiger partial charge in [0.1, 0.15) is 6.61 Å². The van der Waals surface area contributed by atoms with Crippen molar-refractivity contribution in [2.75, 3.05) is 13.2 Å². The monoisotopic (exact) mass is 444 g/mol. The van der Waals surface area contributed by atoms with Gasteiger partial charge in [0.15, 0.2) is 0 Å². The van der Waals surface area contributed by atoms with Crippen molar-refractivity contribution < 1.29 is 24.2 Å². The molecular formula is C25H36N2O5. The van der Waals surface area contributed by atoms with Crippen LogP contribution in [0.25, 0.3) is 0 Å². The Morgan fingerprint density at radius 1 is 1.22 bits per heavy atom. The van der Waals surface area contributed by atoms with Gasteiger partial charge in [-0.1, -0.05) is 42.5 Å². The number of aliphatic hydroxyl groups excluding tert-OH is 1. The average molecular weight is 445 g/mol. The van der Waals surface area contributed by atoms with Crippen molar-refractivity contribution in [3.63, 3.8) is 0 Å². The van der Waals surface area contributed by atoms with Crippen LogP contribution in [0.2, 0.25) is 0 Å². The van der Waals surface area contributed by atoms with E-state index in [-0.39, 0.29) is 37.4 Å². The largest absolute Gasteiger partial charge is 0.463 e. The topological polar surface area (TPSA) is 105 Å². The van der Waals surface area contributed by atoms with E-state index in [2.05, 4.69) is 10.6 Å². The van der Waals surface area contributed by atoms with E-state index in [1.807, 2.05) is 42.5 Å². The minimum absolute atomic E-state index is 0.0112. The Morgan fingerprint density at radius 3 is 2.69 bits per heavy atom. The first-order valence-corrected chi connectivity index (χ1v) is 11.4. The third-order valence-corrected chi connectivity index (χ3v) is 5.36. The zero-order valence-electron chi connectivity index (χ0n) is 19.1.